The number of nitriles is 1. The number of hydrogen-bond donors (Lipinski definition) is 2. The van der Waals surface area contributed by atoms with E-state index in [0.717, 1.165) is 5.82 Å². The van der Waals surface area contributed by atoms with Gasteiger partial charge in [0.05, 0.1) is 41.6 Å². The number of para-hydroxylation sites is 1. The van der Waals surface area contributed by atoms with Gasteiger partial charge in [0.2, 0.25) is 5.88 Å². The monoisotopic (exact) mass is 653 g/mol. The number of piperazine rings is 1. The van der Waals surface area contributed by atoms with Crippen molar-refractivity contribution in [1.29, 1.82) is 5.26 Å². The number of halogens is 2. The first-order chi connectivity index (χ1) is 23.3. The van der Waals surface area contributed by atoms with Crippen LogP contribution in [0.3, 0.4) is 0 Å². The number of hydrogen-bond acceptors (Lipinski definition) is 9. The molecule has 1 fully saturated rings. The van der Waals surface area contributed by atoms with Crippen LogP contribution in [0.2, 0.25) is 0 Å². The van der Waals surface area contributed by atoms with Crippen LogP contribution >= 0.6 is 0 Å². The molecular formula is C35H33F2N7O4. The molecule has 13 heteroatoms. The molecular weight excluding hydrogens is 620 g/mol. The SMILES string of the molecule is COCCn1c(CN2CCN(c3cccc(OCc4ccc(C#N)cc4F)n3)CC2)nc2c(F)c(Nc3ccccc3)c(C(=O)O)cc21. The van der Waals surface area contributed by atoms with Crippen molar-refractivity contribution in [3.8, 4) is 11.9 Å². The highest BCUT2D eigenvalue weighted by atomic mass is 19.1. The Morgan fingerprint density at radius 1 is 1.02 bits per heavy atom. The second-order valence-electron chi connectivity index (χ2n) is 11.3. The van der Waals surface area contributed by atoms with Crippen LogP contribution in [0.5, 0.6) is 5.88 Å². The Labute approximate surface area is 275 Å². The Morgan fingerprint density at radius 2 is 1.81 bits per heavy atom. The molecule has 11 nitrogen and oxygen atoms in total. The number of benzene rings is 3. The van der Waals surface area contributed by atoms with Crippen molar-refractivity contribution in [2.75, 3.05) is 50.1 Å². The number of carboxylic acid groups (broad SMARTS) is 1. The first-order valence-electron chi connectivity index (χ1n) is 15.4. The molecule has 0 bridgehead atoms. The molecule has 2 aromatic heterocycles. The number of nitrogens with one attached hydrogen (secondary N) is 1. The fourth-order valence-electron chi connectivity index (χ4n) is 5.66. The van der Waals surface area contributed by atoms with E-state index in [-0.39, 0.29) is 28.9 Å². The number of imidazole rings is 1. The summed E-state index contributed by atoms with van der Waals surface area (Å²) in [5.41, 5.74) is 1.27. The molecule has 5 aromatic rings. The van der Waals surface area contributed by atoms with Crippen LogP contribution in [-0.2, 0) is 24.4 Å². The largest absolute Gasteiger partial charge is 0.478 e. The number of methoxy groups -OCH3 is 1. The summed E-state index contributed by atoms with van der Waals surface area (Å²) in [4.78, 5) is 25.9. The summed E-state index contributed by atoms with van der Waals surface area (Å²) in [6.07, 6.45) is 0. The summed E-state index contributed by atoms with van der Waals surface area (Å²) in [6.45, 7) is 3.74. The zero-order valence-corrected chi connectivity index (χ0v) is 26.2. The van der Waals surface area contributed by atoms with Gasteiger partial charge in [-0.15, -0.1) is 0 Å². The van der Waals surface area contributed by atoms with Crippen molar-refractivity contribution < 1.29 is 28.2 Å². The highest BCUT2D eigenvalue weighted by Crippen LogP contribution is 2.32. The minimum absolute atomic E-state index is 0.0236. The van der Waals surface area contributed by atoms with Gasteiger partial charge < -0.3 is 29.4 Å². The predicted octanol–water partition coefficient (Wildman–Crippen LogP) is 5.57. The summed E-state index contributed by atoms with van der Waals surface area (Å²) in [5.74, 6) is -0.810. The van der Waals surface area contributed by atoms with E-state index in [0.29, 0.717) is 74.3 Å². The maximum atomic E-state index is 16.0. The molecule has 2 N–H and O–H groups in total. The van der Waals surface area contributed by atoms with E-state index >= 15 is 4.39 Å². The molecule has 1 aliphatic rings. The van der Waals surface area contributed by atoms with E-state index in [2.05, 4.69) is 25.1 Å². The van der Waals surface area contributed by atoms with Gasteiger partial charge in [0.15, 0.2) is 5.82 Å². The fraction of sp³-hybridized carbons (Fsp3) is 0.257. The standard InChI is InChI=1S/C35H33F2N7O4/c1-47-17-16-44-28-19-26(35(45)46)33(39-25-6-3-2-4-7-25)32(37)34(28)41-30(44)21-42-12-14-43(15-13-42)29-8-5-9-31(40-29)48-22-24-11-10-23(20-38)18-27(24)36/h2-11,18-19,39H,12-17,21-22H2,1H3,(H,45,46). The topological polar surface area (TPSA) is 129 Å². The molecule has 0 aliphatic carbocycles. The van der Waals surface area contributed by atoms with Gasteiger partial charge in [0.25, 0.3) is 0 Å². The van der Waals surface area contributed by atoms with Crippen LogP contribution in [0.1, 0.15) is 27.3 Å². The Balaban J connectivity index is 1.17. The minimum Gasteiger partial charge on any atom is -0.478 e. The first-order valence-corrected chi connectivity index (χ1v) is 15.4. The lowest BCUT2D eigenvalue weighted by molar-refractivity contribution is 0.0697. The third-order valence-corrected chi connectivity index (χ3v) is 8.18. The zero-order valence-electron chi connectivity index (χ0n) is 26.2. The third-order valence-electron chi connectivity index (χ3n) is 8.18. The molecule has 1 saturated heterocycles. The molecule has 48 heavy (non-hydrogen) atoms. The zero-order chi connectivity index (χ0) is 33.6. The normalized spacial score (nSPS) is 13.4. The molecule has 0 radical (unpaired) electrons. The lowest BCUT2D eigenvalue weighted by Crippen LogP contribution is -2.46. The number of pyridine rings is 1. The van der Waals surface area contributed by atoms with Crippen LogP contribution in [0, 0.1) is 23.0 Å². The second kappa shape index (κ2) is 14.5. The van der Waals surface area contributed by atoms with E-state index in [1.165, 1.54) is 18.2 Å². The number of fused-ring (bicyclic) bond motifs is 1. The maximum absolute atomic E-state index is 16.0. The molecule has 246 valence electrons. The van der Waals surface area contributed by atoms with Gasteiger partial charge in [-0.1, -0.05) is 30.3 Å². The maximum Gasteiger partial charge on any atom is 0.338 e. The highest BCUT2D eigenvalue weighted by molar-refractivity contribution is 6.00. The van der Waals surface area contributed by atoms with Crippen LogP contribution in [0.25, 0.3) is 11.0 Å². The molecule has 0 spiro atoms. The number of nitrogens with zero attached hydrogens (tertiary/aromatic N) is 6. The van der Waals surface area contributed by atoms with E-state index < -0.39 is 17.6 Å². The van der Waals surface area contributed by atoms with Gasteiger partial charge in [-0.05, 0) is 36.4 Å². The molecule has 3 aromatic carbocycles. The van der Waals surface area contributed by atoms with Crippen molar-refractivity contribution in [1.82, 2.24) is 19.4 Å². The molecule has 0 saturated carbocycles. The quantitative estimate of drug-likeness (QED) is 0.176. The highest BCUT2D eigenvalue weighted by Gasteiger charge is 2.26. The molecule has 0 amide bonds. The Hall–Kier alpha value is -5.58. The Kier molecular flexibility index (Phi) is 9.75. The smallest absolute Gasteiger partial charge is 0.338 e. The summed E-state index contributed by atoms with van der Waals surface area (Å²) in [7, 11) is 1.57. The van der Waals surface area contributed by atoms with Gasteiger partial charge in [0.1, 0.15) is 29.6 Å². The summed E-state index contributed by atoms with van der Waals surface area (Å²) >= 11 is 0. The predicted molar refractivity (Wildman–Crippen MR) is 175 cm³/mol. The number of ether oxygens (including phenoxy) is 2. The minimum atomic E-state index is -1.25. The number of carbonyl (C=O) groups is 1. The van der Waals surface area contributed by atoms with E-state index in [4.69, 9.17) is 14.7 Å². The molecule has 6 rings (SSSR count). The number of anilines is 3. The lowest BCUT2D eigenvalue weighted by Gasteiger charge is -2.35. The Morgan fingerprint density at radius 3 is 2.52 bits per heavy atom. The van der Waals surface area contributed by atoms with Gasteiger partial charge in [-0.2, -0.15) is 10.2 Å². The number of rotatable bonds is 12. The van der Waals surface area contributed by atoms with Crippen LogP contribution in [-0.4, -0.2) is 70.4 Å². The molecule has 0 atom stereocenters. The van der Waals surface area contributed by atoms with E-state index in [9.17, 15) is 14.3 Å². The third kappa shape index (κ3) is 7.05. The van der Waals surface area contributed by atoms with Crippen molar-refractivity contribution in [2.24, 2.45) is 0 Å². The number of carboxylic acids is 1. The summed E-state index contributed by atoms with van der Waals surface area (Å²) in [5, 5.41) is 21.9. The van der Waals surface area contributed by atoms with Crippen molar-refractivity contribution in [2.45, 2.75) is 19.7 Å². The average Bonchev–Trinajstić information content (AvgIpc) is 3.45. The number of aromatic nitrogens is 3. The van der Waals surface area contributed by atoms with Crippen molar-refractivity contribution >= 4 is 34.2 Å². The van der Waals surface area contributed by atoms with E-state index in [1.54, 1.807) is 43.5 Å². The lowest BCUT2D eigenvalue weighted by atomic mass is 10.1. The van der Waals surface area contributed by atoms with Crippen LogP contribution in [0.15, 0.2) is 72.8 Å². The van der Waals surface area contributed by atoms with Gasteiger partial charge >= 0.3 is 5.97 Å². The van der Waals surface area contributed by atoms with Gasteiger partial charge in [-0.25, -0.2) is 18.6 Å². The van der Waals surface area contributed by atoms with Gasteiger partial charge in [0, 0.05) is 57.2 Å². The fourth-order valence-corrected chi connectivity index (χ4v) is 5.66. The number of aromatic carboxylic acids is 1. The van der Waals surface area contributed by atoms with Gasteiger partial charge in [-0.3, -0.25) is 4.90 Å². The van der Waals surface area contributed by atoms with Crippen LogP contribution in [0.4, 0.5) is 26.0 Å². The van der Waals surface area contributed by atoms with E-state index in [1.807, 2.05) is 28.8 Å². The summed E-state index contributed by atoms with van der Waals surface area (Å²) in [6, 6.07) is 21.9. The van der Waals surface area contributed by atoms with Crippen molar-refractivity contribution in [3.63, 3.8) is 0 Å². The van der Waals surface area contributed by atoms with Crippen molar-refractivity contribution in [3.05, 3.63) is 107 Å². The summed E-state index contributed by atoms with van der Waals surface area (Å²) < 4.78 is 43.2. The average molecular weight is 654 g/mol. The second-order valence-corrected chi connectivity index (χ2v) is 11.3. The molecule has 1 aliphatic heterocycles. The molecule has 3 heterocycles. The Bertz CT molecular complexity index is 1970. The first kappa shape index (κ1) is 32.4. The molecule has 0 unspecified atom stereocenters. The van der Waals surface area contributed by atoms with Crippen LogP contribution < -0.4 is 15.0 Å².